The quantitative estimate of drug-likeness (QED) is 0.326. The third-order valence-corrected chi connectivity index (χ3v) is 2.12. The highest BCUT2D eigenvalue weighted by Gasteiger charge is 2.09. The second-order valence-corrected chi connectivity index (χ2v) is 3.38. The van der Waals surface area contributed by atoms with Crippen molar-refractivity contribution in [1.82, 2.24) is 4.98 Å². The first kappa shape index (κ1) is 11.6. The molecule has 0 aliphatic heterocycles. The van der Waals surface area contributed by atoms with Crippen LogP contribution in [0.4, 0.5) is 11.7 Å². The van der Waals surface area contributed by atoms with Gasteiger partial charge in [0.2, 0.25) is 0 Å². The van der Waals surface area contributed by atoms with E-state index in [1.807, 2.05) is 0 Å². The standard InChI is InChI=1S/C10H9N5O3/c11-9(12)14-10-13-8(5-18-10)6-1-3-7(4-2-6)15(16)17/h1-5H,(H4,11,12,13,14). The number of nitrogens with one attached hydrogen (secondary N) is 2. The lowest BCUT2D eigenvalue weighted by molar-refractivity contribution is -0.384. The second-order valence-electron chi connectivity index (χ2n) is 3.38. The van der Waals surface area contributed by atoms with Gasteiger partial charge in [-0.05, 0) is 12.1 Å². The molecule has 1 heterocycles. The van der Waals surface area contributed by atoms with Crippen molar-refractivity contribution in [2.24, 2.45) is 5.73 Å². The van der Waals surface area contributed by atoms with E-state index in [1.54, 1.807) is 12.1 Å². The minimum Gasteiger partial charge on any atom is -0.431 e. The Bertz CT molecular complexity index is 590. The molecular formula is C10H9N5O3. The predicted molar refractivity (Wildman–Crippen MR) is 64.1 cm³/mol. The molecule has 0 radical (unpaired) electrons. The largest absolute Gasteiger partial charge is 0.431 e. The van der Waals surface area contributed by atoms with Gasteiger partial charge in [-0.2, -0.15) is 4.98 Å². The van der Waals surface area contributed by atoms with Gasteiger partial charge in [0.15, 0.2) is 5.96 Å². The van der Waals surface area contributed by atoms with Crippen LogP contribution in [-0.4, -0.2) is 15.9 Å². The van der Waals surface area contributed by atoms with Crippen LogP contribution in [0.3, 0.4) is 0 Å². The Morgan fingerprint density at radius 2 is 2.11 bits per heavy atom. The molecule has 0 bridgehead atoms. The number of oxazole rings is 1. The van der Waals surface area contributed by atoms with E-state index in [0.717, 1.165) is 0 Å². The van der Waals surface area contributed by atoms with Gasteiger partial charge in [-0.1, -0.05) is 0 Å². The van der Waals surface area contributed by atoms with E-state index in [0.29, 0.717) is 11.3 Å². The molecule has 1 aromatic carbocycles. The molecule has 0 amide bonds. The number of hydrogen-bond donors (Lipinski definition) is 3. The maximum Gasteiger partial charge on any atom is 0.301 e. The van der Waals surface area contributed by atoms with E-state index in [9.17, 15) is 10.1 Å². The van der Waals surface area contributed by atoms with E-state index in [4.69, 9.17) is 15.6 Å². The summed E-state index contributed by atoms with van der Waals surface area (Å²) in [5, 5.41) is 19.9. The summed E-state index contributed by atoms with van der Waals surface area (Å²) < 4.78 is 5.03. The lowest BCUT2D eigenvalue weighted by Gasteiger charge is -1.96. The van der Waals surface area contributed by atoms with Gasteiger partial charge in [-0.15, -0.1) is 0 Å². The fourth-order valence-corrected chi connectivity index (χ4v) is 1.33. The minimum absolute atomic E-state index is 0.00401. The van der Waals surface area contributed by atoms with Gasteiger partial charge < -0.3 is 10.2 Å². The van der Waals surface area contributed by atoms with Crippen LogP contribution in [-0.2, 0) is 0 Å². The number of nitrogens with two attached hydrogens (primary N) is 1. The van der Waals surface area contributed by atoms with Crippen molar-refractivity contribution in [2.45, 2.75) is 0 Å². The molecule has 0 aliphatic carbocycles. The Labute approximate surface area is 101 Å². The third kappa shape index (κ3) is 2.43. The van der Waals surface area contributed by atoms with Crippen molar-refractivity contribution < 1.29 is 9.34 Å². The predicted octanol–water partition coefficient (Wildman–Crippen LogP) is 1.56. The fraction of sp³-hybridized carbons (Fsp3) is 0. The minimum atomic E-state index is -0.477. The van der Waals surface area contributed by atoms with Crippen molar-refractivity contribution in [3.63, 3.8) is 0 Å². The fourth-order valence-electron chi connectivity index (χ4n) is 1.33. The van der Waals surface area contributed by atoms with E-state index >= 15 is 0 Å². The van der Waals surface area contributed by atoms with Gasteiger partial charge in [-0.3, -0.25) is 20.8 Å². The Hall–Kier alpha value is -2.90. The van der Waals surface area contributed by atoms with E-state index in [-0.39, 0.29) is 17.7 Å². The average molecular weight is 247 g/mol. The average Bonchev–Trinajstić information content (AvgIpc) is 2.76. The van der Waals surface area contributed by atoms with Crippen molar-refractivity contribution in [3.05, 3.63) is 40.6 Å². The molecule has 8 heteroatoms. The first-order valence-corrected chi connectivity index (χ1v) is 4.87. The van der Waals surface area contributed by atoms with Gasteiger partial charge in [0, 0.05) is 17.7 Å². The number of nitrogens with zero attached hydrogens (tertiary/aromatic N) is 2. The monoisotopic (exact) mass is 247 g/mol. The van der Waals surface area contributed by atoms with Gasteiger partial charge in [0.1, 0.15) is 12.0 Å². The highest BCUT2D eigenvalue weighted by Crippen LogP contribution is 2.23. The maximum absolute atomic E-state index is 10.5. The van der Waals surface area contributed by atoms with E-state index in [1.165, 1.54) is 18.4 Å². The molecule has 8 nitrogen and oxygen atoms in total. The summed E-state index contributed by atoms with van der Waals surface area (Å²) in [5.74, 6) is -0.285. The lowest BCUT2D eigenvalue weighted by atomic mass is 10.1. The summed E-state index contributed by atoms with van der Waals surface area (Å²) in [6.45, 7) is 0. The number of benzene rings is 1. The SMILES string of the molecule is N=C(N)Nc1nc(-c2ccc([N+](=O)[O-])cc2)co1. The number of rotatable bonds is 3. The Morgan fingerprint density at radius 3 is 2.67 bits per heavy atom. The molecule has 0 saturated carbocycles. The number of aromatic nitrogens is 1. The highest BCUT2D eigenvalue weighted by atomic mass is 16.6. The Morgan fingerprint density at radius 1 is 1.44 bits per heavy atom. The van der Waals surface area contributed by atoms with Gasteiger partial charge in [0.05, 0.1) is 4.92 Å². The van der Waals surface area contributed by atoms with Gasteiger partial charge in [-0.25, -0.2) is 0 Å². The number of hydrogen-bond acceptors (Lipinski definition) is 5. The zero-order valence-electron chi connectivity index (χ0n) is 9.08. The van der Waals surface area contributed by atoms with Crippen LogP contribution in [0.5, 0.6) is 0 Å². The molecule has 0 saturated heterocycles. The van der Waals surface area contributed by atoms with Crippen LogP contribution in [0.2, 0.25) is 0 Å². The van der Waals surface area contributed by atoms with Crippen LogP contribution in [0, 0.1) is 15.5 Å². The number of nitro benzene ring substituents is 1. The number of anilines is 1. The van der Waals surface area contributed by atoms with Gasteiger partial charge in [0.25, 0.3) is 5.69 Å². The Kier molecular flexibility index (Phi) is 2.92. The number of non-ortho nitro benzene ring substituents is 1. The first-order valence-electron chi connectivity index (χ1n) is 4.87. The first-order chi connectivity index (χ1) is 8.56. The van der Waals surface area contributed by atoms with Crippen LogP contribution in [0.1, 0.15) is 0 Å². The molecule has 2 rings (SSSR count). The zero-order chi connectivity index (χ0) is 13.1. The maximum atomic E-state index is 10.5. The smallest absolute Gasteiger partial charge is 0.301 e. The molecule has 0 spiro atoms. The van der Waals surface area contributed by atoms with Crippen molar-refractivity contribution in [3.8, 4) is 11.3 Å². The van der Waals surface area contributed by atoms with Gasteiger partial charge >= 0.3 is 6.01 Å². The summed E-state index contributed by atoms with van der Waals surface area (Å²) in [5.41, 5.74) is 6.29. The van der Waals surface area contributed by atoms with Crippen LogP contribution < -0.4 is 11.1 Å². The molecule has 2 aromatic rings. The summed E-state index contributed by atoms with van der Waals surface area (Å²) in [7, 11) is 0. The molecule has 92 valence electrons. The van der Waals surface area contributed by atoms with E-state index in [2.05, 4.69) is 10.3 Å². The summed E-state index contributed by atoms with van der Waals surface area (Å²) in [6.07, 6.45) is 1.37. The summed E-state index contributed by atoms with van der Waals surface area (Å²) in [6, 6.07) is 5.97. The topological polar surface area (TPSA) is 131 Å². The van der Waals surface area contributed by atoms with Crippen molar-refractivity contribution in [1.29, 1.82) is 5.41 Å². The van der Waals surface area contributed by atoms with E-state index < -0.39 is 4.92 Å². The lowest BCUT2D eigenvalue weighted by Crippen LogP contribution is -2.20. The molecule has 0 unspecified atom stereocenters. The van der Waals surface area contributed by atoms with Crippen LogP contribution in [0.25, 0.3) is 11.3 Å². The summed E-state index contributed by atoms with van der Waals surface area (Å²) in [4.78, 5) is 14.0. The van der Waals surface area contributed by atoms with Crippen LogP contribution in [0.15, 0.2) is 34.9 Å². The normalized spacial score (nSPS) is 10.0. The van der Waals surface area contributed by atoms with Crippen molar-refractivity contribution in [2.75, 3.05) is 5.32 Å². The van der Waals surface area contributed by atoms with Crippen molar-refractivity contribution >= 4 is 17.7 Å². The molecular weight excluding hydrogens is 238 g/mol. The number of nitro groups is 1. The molecule has 0 fully saturated rings. The Balaban J connectivity index is 2.23. The highest BCUT2D eigenvalue weighted by molar-refractivity contribution is 5.87. The third-order valence-electron chi connectivity index (χ3n) is 2.12. The summed E-state index contributed by atoms with van der Waals surface area (Å²) >= 11 is 0. The molecule has 18 heavy (non-hydrogen) atoms. The molecule has 0 atom stereocenters. The second kappa shape index (κ2) is 4.53. The zero-order valence-corrected chi connectivity index (χ0v) is 9.08. The van der Waals surface area contributed by atoms with Crippen LogP contribution >= 0.6 is 0 Å². The molecule has 4 N–H and O–H groups in total. The molecule has 1 aromatic heterocycles. The molecule has 0 aliphatic rings. The number of guanidine groups is 1.